The zero-order valence-corrected chi connectivity index (χ0v) is 47.8. The molecule has 7 atom stereocenters. The predicted molar refractivity (Wildman–Crippen MR) is 313 cm³/mol. The van der Waals surface area contributed by atoms with Crippen molar-refractivity contribution in [1.82, 2.24) is 5.32 Å². The van der Waals surface area contributed by atoms with E-state index in [1.807, 2.05) is 6.08 Å². The lowest BCUT2D eigenvalue weighted by Gasteiger charge is -2.40. The fourth-order valence-corrected chi connectivity index (χ4v) is 9.64. The van der Waals surface area contributed by atoms with Crippen molar-refractivity contribution in [3.63, 3.8) is 0 Å². The number of rotatable bonds is 53. The normalized spacial score (nSPS) is 19.5. The lowest BCUT2D eigenvalue weighted by molar-refractivity contribution is -0.302. The molecule has 1 fully saturated rings. The van der Waals surface area contributed by atoms with Gasteiger partial charge >= 0.3 is 0 Å². The summed E-state index contributed by atoms with van der Waals surface area (Å²) in [4.78, 5) is 13.1. The molecule has 1 aliphatic rings. The molecule has 0 radical (unpaired) electrons. The minimum atomic E-state index is -1.58. The molecule has 0 aromatic heterocycles. The van der Waals surface area contributed by atoms with Crippen LogP contribution in [0.3, 0.4) is 0 Å². The molecule has 0 aliphatic carbocycles. The predicted octanol–water partition coefficient (Wildman–Crippen LogP) is 16.0. The average Bonchev–Trinajstić information content (AvgIpc) is 3.40. The van der Waals surface area contributed by atoms with Gasteiger partial charge < -0.3 is 40.3 Å². The first kappa shape index (κ1) is 69.6. The van der Waals surface area contributed by atoms with E-state index in [1.165, 1.54) is 180 Å². The number of aliphatic hydroxyl groups is 5. The van der Waals surface area contributed by atoms with E-state index in [-0.39, 0.29) is 12.5 Å². The molecule has 430 valence electrons. The SMILES string of the molecule is CC/C=C\C/C=C\C/C=C\C/C=C\CCCCCCCCCCC(=O)NC(COC1OC(CO)C(O)C(O)C1O)C(O)/C=C/CC/C=C/CCCCCCCCCCCCCCCCCCCCCCCCCC. The summed E-state index contributed by atoms with van der Waals surface area (Å²) in [5.41, 5.74) is 0. The van der Waals surface area contributed by atoms with E-state index in [2.05, 4.69) is 79.9 Å². The molecular formula is C65H117NO8. The Morgan fingerprint density at radius 3 is 1.30 bits per heavy atom. The van der Waals surface area contributed by atoms with E-state index in [0.29, 0.717) is 6.42 Å². The molecule has 74 heavy (non-hydrogen) atoms. The van der Waals surface area contributed by atoms with Crippen molar-refractivity contribution in [2.75, 3.05) is 13.2 Å². The number of carbonyl (C=O) groups is 1. The number of carbonyl (C=O) groups excluding carboxylic acids is 1. The standard InChI is InChI=1S/C65H117NO8/c1-3-5-7-9-11-13-15-17-19-21-23-25-26-27-28-29-30-31-32-33-35-36-38-40-42-44-46-48-50-52-54-59(68)58(57-73-65-64(72)63(71)62(70)60(56-67)74-65)66-61(69)55-53-51-49-47-45-43-41-39-37-34-24-22-20-18-16-14-12-10-8-6-4-2/h6,8,12,14,18,20,24,34,44,46,52,54,58-60,62-65,67-68,70-72H,3-5,7,9-11,13,15-17,19,21-23,25-33,35-43,45,47-51,53,55-57H2,1-2H3,(H,66,69)/b8-6-,14-12-,20-18-,34-24-,46-44+,54-52+. The Hall–Kier alpha value is -2.37. The highest BCUT2D eigenvalue weighted by Crippen LogP contribution is 2.23. The number of unbranched alkanes of at least 4 members (excludes halogenated alkanes) is 33. The minimum Gasteiger partial charge on any atom is -0.394 e. The zero-order chi connectivity index (χ0) is 53.6. The molecule has 1 rings (SSSR count). The molecule has 6 N–H and O–H groups in total. The van der Waals surface area contributed by atoms with E-state index >= 15 is 0 Å². The molecule has 1 saturated heterocycles. The van der Waals surface area contributed by atoms with Gasteiger partial charge in [-0.2, -0.15) is 0 Å². The molecule has 0 saturated carbocycles. The first-order chi connectivity index (χ1) is 36.3. The average molecular weight is 1040 g/mol. The number of allylic oxidation sites excluding steroid dienone is 11. The van der Waals surface area contributed by atoms with Crippen LogP contribution in [0.1, 0.15) is 277 Å². The molecule has 9 nitrogen and oxygen atoms in total. The van der Waals surface area contributed by atoms with Crippen LogP contribution in [0.5, 0.6) is 0 Å². The van der Waals surface area contributed by atoms with Crippen molar-refractivity contribution < 1.29 is 39.8 Å². The maximum absolute atomic E-state index is 13.1. The van der Waals surface area contributed by atoms with Crippen molar-refractivity contribution in [1.29, 1.82) is 0 Å². The molecule has 0 spiro atoms. The first-order valence-corrected chi connectivity index (χ1v) is 31.2. The summed E-state index contributed by atoms with van der Waals surface area (Å²) < 4.78 is 11.3. The van der Waals surface area contributed by atoms with Crippen LogP contribution in [-0.4, -0.2) is 87.5 Å². The van der Waals surface area contributed by atoms with Crippen LogP contribution >= 0.6 is 0 Å². The summed E-state index contributed by atoms with van der Waals surface area (Å²) >= 11 is 0. The highest BCUT2D eigenvalue weighted by Gasteiger charge is 2.44. The number of ether oxygens (including phenoxy) is 2. The van der Waals surface area contributed by atoms with Crippen LogP contribution in [-0.2, 0) is 14.3 Å². The van der Waals surface area contributed by atoms with Gasteiger partial charge in [-0.25, -0.2) is 0 Å². The topological polar surface area (TPSA) is 149 Å². The monoisotopic (exact) mass is 1040 g/mol. The summed E-state index contributed by atoms with van der Waals surface area (Å²) in [6.45, 7) is 3.67. The van der Waals surface area contributed by atoms with Crippen LogP contribution in [0.25, 0.3) is 0 Å². The van der Waals surface area contributed by atoms with Crippen LogP contribution in [0, 0.1) is 0 Å². The van der Waals surface area contributed by atoms with Gasteiger partial charge in [-0.3, -0.25) is 4.79 Å². The van der Waals surface area contributed by atoms with Gasteiger partial charge in [0, 0.05) is 6.42 Å². The van der Waals surface area contributed by atoms with Crippen LogP contribution in [0.15, 0.2) is 72.9 Å². The maximum atomic E-state index is 13.1. The van der Waals surface area contributed by atoms with E-state index < -0.39 is 49.5 Å². The maximum Gasteiger partial charge on any atom is 0.220 e. The lowest BCUT2D eigenvalue weighted by atomic mass is 9.99. The minimum absolute atomic E-state index is 0.195. The fraction of sp³-hybridized carbons (Fsp3) is 0.800. The Morgan fingerprint density at radius 1 is 0.473 bits per heavy atom. The van der Waals surface area contributed by atoms with Crippen molar-refractivity contribution >= 4 is 5.91 Å². The van der Waals surface area contributed by atoms with Crippen molar-refractivity contribution in [2.45, 2.75) is 320 Å². The molecule has 1 aliphatic heterocycles. The Kier molecular flexibility index (Phi) is 50.8. The van der Waals surface area contributed by atoms with Crippen molar-refractivity contribution in [3.8, 4) is 0 Å². The van der Waals surface area contributed by atoms with Gasteiger partial charge in [0.1, 0.15) is 24.4 Å². The van der Waals surface area contributed by atoms with Crippen LogP contribution in [0.4, 0.5) is 0 Å². The quantitative estimate of drug-likeness (QED) is 0.0261. The van der Waals surface area contributed by atoms with Crippen molar-refractivity contribution in [2.24, 2.45) is 0 Å². The highest BCUT2D eigenvalue weighted by atomic mass is 16.7. The molecular weight excluding hydrogens is 923 g/mol. The van der Waals surface area contributed by atoms with E-state index in [9.17, 15) is 30.3 Å². The van der Waals surface area contributed by atoms with Gasteiger partial charge in [-0.1, -0.05) is 273 Å². The summed E-state index contributed by atoms with van der Waals surface area (Å²) in [6.07, 6.45) is 68.4. The van der Waals surface area contributed by atoms with Gasteiger partial charge in [-0.15, -0.1) is 0 Å². The van der Waals surface area contributed by atoms with Gasteiger partial charge in [0.25, 0.3) is 0 Å². The molecule has 0 aromatic carbocycles. The third kappa shape index (κ3) is 42.7. The second kappa shape index (κ2) is 54.0. The summed E-state index contributed by atoms with van der Waals surface area (Å²) in [6, 6.07) is -0.831. The summed E-state index contributed by atoms with van der Waals surface area (Å²) in [5.74, 6) is -0.195. The van der Waals surface area contributed by atoms with E-state index in [0.717, 1.165) is 77.0 Å². The molecule has 1 heterocycles. The second-order valence-electron chi connectivity index (χ2n) is 21.5. The van der Waals surface area contributed by atoms with Gasteiger partial charge in [-0.05, 0) is 70.6 Å². The molecule has 0 aromatic rings. The molecule has 9 heteroatoms. The Bertz CT molecular complexity index is 1390. The molecule has 0 bridgehead atoms. The second-order valence-corrected chi connectivity index (χ2v) is 21.5. The van der Waals surface area contributed by atoms with E-state index in [4.69, 9.17) is 9.47 Å². The van der Waals surface area contributed by atoms with Crippen molar-refractivity contribution in [3.05, 3.63) is 72.9 Å². The number of hydrogen-bond acceptors (Lipinski definition) is 8. The molecule has 7 unspecified atom stereocenters. The zero-order valence-electron chi connectivity index (χ0n) is 47.8. The Morgan fingerprint density at radius 2 is 0.851 bits per heavy atom. The number of aliphatic hydroxyl groups excluding tert-OH is 5. The largest absolute Gasteiger partial charge is 0.394 e. The third-order valence-electron chi connectivity index (χ3n) is 14.5. The Labute approximate surface area is 455 Å². The van der Waals surface area contributed by atoms with Crippen LogP contribution < -0.4 is 5.32 Å². The summed E-state index contributed by atoms with van der Waals surface area (Å²) in [7, 11) is 0. The number of hydrogen-bond donors (Lipinski definition) is 6. The first-order valence-electron chi connectivity index (χ1n) is 31.2. The summed E-state index contributed by atoms with van der Waals surface area (Å²) in [5, 5.41) is 54.6. The molecule has 1 amide bonds. The van der Waals surface area contributed by atoms with Gasteiger partial charge in [0.05, 0.1) is 25.4 Å². The lowest BCUT2D eigenvalue weighted by Crippen LogP contribution is -2.60. The van der Waals surface area contributed by atoms with Gasteiger partial charge in [0.2, 0.25) is 5.91 Å². The van der Waals surface area contributed by atoms with Crippen LogP contribution in [0.2, 0.25) is 0 Å². The van der Waals surface area contributed by atoms with E-state index in [1.54, 1.807) is 6.08 Å². The fourth-order valence-electron chi connectivity index (χ4n) is 9.64. The van der Waals surface area contributed by atoms with Gasteiger partial charge in [0.15, 0.2) is 6.29 Å². The number of nitrogens with one attached hydrogen (secondary N) is 1. The Balaban J connectivity index is 2.21. The highest BCUT2D eigenvalue weighted by molar-refractivity contribution is 5.76. The number of amides is 1. The third-order valence-corrected chi connectivity index (χ3v) is 14.5. The smallest absolute Gasteiger partial charge is 0.220 e.